The number of benzene rings is 2. The van der Waals surface area contributed by atoms with Gasteiger partial charge in [-0.2, -0.15) is 0 Å². The van der Waals surface area contributed by atoms with E-state index in [0.717, 1.165) is 0 Å². The molecule has 0 radical (unpaired) electrons. The maximum absolute atomic E-state index is 11.8. The van der Waals surface area contributed by atoms with Crippen LogP contribution in [0.4, 0.5) is 5.69 Å². The fraction of sp³-hybridized carbons (Fsp3) is 0.176. The van der Waals surface area contributed by atoms with Crippen LogP contribution in [0.3, 0.4) is 0 Å². The lowest BCUT2D eigenvalue weighted by molar-refractivity contribution is -0.149. The Bertz CT molecular complexity index is 731. The molecule has 124 valence electrons. The Morgan fingerprint density at radius 3 is 2.62 bits per heavy atom. The smallest absolute Gasteiger partial charge is 0.344 e. The molecule has 0 aromatic heterocycles. The number of carbonyl (C=O) groups excluding carboxylic acids is 2. The molecule has 0 fully saturated rings. The molecule has 7 nitrogen and oxygen atoms in total. The minimum Gasteiger partial charge on any atom is -0.482 e. The van der Waals surface area contributed by atoms with Gasteiger partial charge in [-0.05, 0) is 24.3 Å². The SMILES string of the molecule is O=C(COC(=O)COc1ccccc1)Nc1ccc2c(c1)OCO2. The van der Waals surface area contributed by atoms with Crippen LogP contribution in [-0.4, -0.2) is 31.9 Å². The van der Waals surface area contributed by atoms with E-state index < -0.39 is 18.5 Å². The van der Waals surface area contributed by atoms with Crippen LogP contribution < -0.4 is 19.5 Å². The van der Waals surface area contributed by atoms with E-state index in [0.29, 0.717) is 22.9 Å². The van der Waals surface area contributed by atoms with Gasteiger partial charge in [0.05, 0.1) is 0 Å². The minimum atomic E-state index is -0.625. The Kier molecular flexibility index (Phi) is 4.81. The Morgan fingerprint density at radius 1 is 1.00 bits per heavy atom. The molecule has 2 aromatic rings. The summed E-state index contributed by atoms with van der Waals surface area (Å²) in [5, 5.41) is 2.61. The summed E-state index contributed by atoms with van der Waals surface area (Å²) in [5.41, 5.74) is 0.529. The molecule has 0 saturated carbocycles. The highest BCUT2D eigenvalue weighted by Gasteiger charge is 2.14. The van der Waals surface area contributed by atoms with Gasteiger partial charge < -0.3 is 24.3 Å². The number of rotatable bonds is 6. The lowest BCUT2D eigenvalue weighted by Crippen LogP contribution is -2.23. The summed E-state index contributed by atoms with van der Waals surface area (Å²) in [6, 6.07) is 13.9. The zero-order valence-corrected chi connectivity index (χ0v) is 12.7. The van der Waals surface area contributed by atoms with Gasteiger partial charge in [-0.15, -0.1) is 0 Å². The van der Waals surface area contributed by atoms with Crippen LogP contribution >= 0.6 is 0 Å². The summed E-state index contributed by atoms with van der Waals surface area (Å²) in [6.45, 7) is -0.501. The van der Waals surface area contributed by atoms with Gasteiger partial charge in [-0.3, -0.25) is 4.79 Å². The number of hydrogen-bond acceptors (Lipinski definition) is 6. The van der Waals surface area contributed by atoms with Crippen molar-refractivity contribution < 1.29 is 28.5 Å². The largest absolute Gasteiger partial charge is 0.482 e. The number of para-hydroxylation sites is 1. The molecule has 2 aromatic carbocycles. The number of carbonyl (C=O) groups is 2. The highest BCUT2D eigenvalue weighted by molar-refractivity contribution is 5.93. The van der Waals surface area contributed by atoms with E-state index >= 15 is 0 Å². The van der Waals surface area contributed by atoms with E-state index in [9.17, 15) is 9.59 Å². The number of hydrogen-bond donors (Lipinski definition) is 1. The molecule has 0 bridgehead atoms. The molecule has 1 aliphatic heterocycles. The van der Waals surface area contributed by atoms with Gasteiger partial charge >= 0.3 is 5.97 Å². The van der Waals surface area contributed by atoms with E-state index in [1.807, 2.05) is 6.07 Å². The Balaban J connectivity index is 1.41. The zero-order chi connectivity index (χ0) is 16.8. The van der Waals surface area contributed by atoms with Crippen LogP contribution in [0.25, 0.3) is 0 Å². The third-order valence-electron chi connectivity index (χ3n) is 3.12. The van der Waals surface area contributed by atoms with Crippen LogP contribution in [0, 0.1) is 0 Å². The van der Waals surface area contributed by atoms with Crippen LogP contribution in [0.5, 0.6) is 17.2 Å². The van der Waals surface area contributed by atoms with E-state index in [2.05, 4.69) is 5.32 Å². The third-order valence-corrected chi connectivity index (χ3v) is 3.12. The maximum Gasteiger partial charge on any atom is 0.344 e. The van der Waals surface area contributed by atoms with E-state index in [1.165, 1.54) is 0 Å². The van der Waals surface area contributed by atoms with Gasteiger partial charge in [0.2, 0.25) is 6.79 Å². The summed E-state index contributed by atoms with van der Waals surface area (Å²) in [6.07, 6.45) is 0. The molecule has 1 aliphatic rings. The standard InChI is InChI=1S/C17H15NO6/c19-16(18-12-6-7-14-15(8-12)24-11-23-14)9-22-17(20)10-21-13-4-2-1-3-5-13/h1-8H,9-11H2,(H,18,19). The third kappa shape index (κ3) is 4.16. The van der Waals surface area contributed by atoms with E-state index in [1.54, 1.807) is 42.5 Å². The van der Waals surface area contributed by atoms with Crippen LogP contribution in [0.1, 0.15) is 0 Å². The van der Waals surface area contributed by atoms with Crippen LogP contribution in [-0.2, 0) is 14.3 Å². The monoisotopic (exact) mass is 329 g/mol. The molecule has 0 aliphatic carbocycles. The van der Waals surface area contributed by atoms with E-state index in [4.69, 9.17) is 18.9 Å². The maximum atomic E-state index is 11.8. The summed E-state index contributed by atoms with van der Waals surface area (Å²) in [7, 11) is 0. The topological polar surface area (TPSA) is 83.1 Å². The lowest BCUT2D eigenvalue weighted by atomic mass is 10.3. The average Bonchev–Trinajstić information content (AvgIpc) is 3.07. The molecule has 0 unspecified atom stereocenters. The van der Waals surface area contributed by atoms with Crippen molar-refractivity contribution in [2.45, 2.75) is 0 Å². The first-order valence-corrected chi connectivity index (χ1v) is 7.24. The normalized spacial score (nSPS) is 11.7. The first-order valence-electron chi connectivity index (χ1n) is 7.24. The van der Waals surface area contributed by atoms with Crippen molar-refractivity contribution in [2.24, 2.45) is 0 Å². The molecule has 24 heavy (non-hydrogen) atoms. The summed E-state index contributed by atoms with van der Waals surface area (Å²) in [5.74, 6) is 0.652. The van der Waals surface area contributed by atoms with Crippen LogP contribution in [0.2, 0.25) is 0 Å². The number of nitrogens with one attached hydrogen (secondary N) is 1. The first-order chi connectivity index (χ1) is 11.7. The van der Waals surface area contributed by atoms with Crippen molar-refractivity contribution in [2.75, 3.05) is 25.3 Å². The molecule has 0 saturated heterocycles. The summed E-state index contributed by atoms with van der Waals surface area (Å²) >= 11 is 0. The number of esters is 1. The molecule has 1 N–H and O–H groups in total. The van der Waals surface area contributed by atoms with Gasteiger partial charge in [0, 0.05) is 11.8 Å². The molecule has 7 heteroatoms. The Labute approximate surface area is 138 Å². The second kappa shape index (κ2) is 7.36. The van der Waals surface area contributed by atoms with Crippen molar-refractivity contribution in [3.8, 4) is 17.2 Å². The molecule has 0 spiro atoms. The van der Waals surface area contributed by atoms with Crippen LogP contribution in [0.15, 0.2) is 48.5 Å². The lowest BCUT2D eigenvalue weighted by Gasteiger charge is -2.08. The molecule has 0 atom stereocenters. The first kappa shape index (κ1) is 15.7. The highest BCUT2D eigenvalue weighted by Crippen LogP contribution is 2.34. The molecule has 1 heterocycles. The number of fused-ring (bicyclic) bond motifs is 1. The summed E-state index contributed by atoms with van der Waals surface area (Å²) in [4.78, 5) is 23.4. The predicted molar refractivity (Wildman–Crippen MR) is 84.1 cm³/mol. The van der Waals surface area contributed by atoms with Crippen molar-refractivity contribution in [1.29, 1.82) is 0 Å². The average molecular weight is 329 g/mol. The van der Waals surface area contributed by atoms with Gasteiger partial charge in [0.25, 0.3) is 5.91 Å². The van der Waals surface area contributed by atoms with Crippen molar-refractivity contribution in [1.82, 2.24) is 0 Å². The second-order valence-electron chi connectivity index (χ2n) is 4.88. The van der Waals surface area contributed by atoms with Gasteiger partial charge in [-0.25, -0.2) is 4.79 Å². The molecular formula is C17H15NO6. The fourth-order valence-corrected chi connectivity index (χ4v) is 2.02. The van der Waals surface area contributed by atoms with Crippen molar-refractivity contribution in [3.05, 3.63) is 48.5 Å². The molecule has 1 amide bonds. The quantitative estimate of drug-likeness (QED) is 0.816. The number of amides is 1. The van der Waals surface area contributed by atoms with Crippen molar-refractivity contribution >= 4 is 17.6 Å². The van der Waals surface area contributed by atoms with Gasteiger partial charge in [-0.1, -0.05) is 18.2 Å². The second-order valence-corrected chi connectivity index (χ2v) is 4.88. The zero-order valence-electron chi connectivity index (χ0n) is 12.7. The Hall–Kier alpha value is -3.22. The number of anilines is 1. The van der Waals surface area contributed by atoms with Crippen molar-refractivity contribution in [3.63, 3.8) is 0 Å². The summed E-state index contributed by atoms with van der Waals surface area (Å²) < 4.78 is 20.5. The Morgan fingerprint density at radius 2 is 1.79 bits per heavy atom. The fourth-order valence-electron chi connectivity index (χ4n) is 2.02. The predicted octanol–water partition coefficient (Wildman–Crippen LogP) is 1.98. The molecule has 3 rings (SSSR count). The van der Waals surface area contributed by atoms with Gasteiger partial charge in [0.15, 0.2) is 24.7 Å². The van der Waals surface area contributed by atoms with E-state index in [-0.39, 0.29) is 13.4 Å². The van der Waals surface area contributed by atoms with Gasteiger partial charge in [0.1, 0.15) is 5.75 Å². The minimum absolute atomic E-state index is 0.158. The highest BCUT2D eigenvalue weighted by atomic mass is 16.7. The molecular weight excluding hydrogens is 314 g/mol. The number of ether oxygens (including phenoxy) is 4.